The van der Waals surface area contributed by atoms with Crippen LogP contribution in [0.1, 0.15) is 6.92 Å². The van der Waals surface area contributed by atoms with Gasteiger partial charge in [-0.2, -0.15) is 4.21 Å². The fourth-order valence-electron chi connectivity index (χ4n) is 1.53. The van der Waals surface area contributed by atoms with Gasteiger partial charge in [-0.25, -0.2) is 0 Å². The Morgan fingerprint density at radius 1 is 1.41 bits per heavy atom. The van der Waals surface area contributed by atoms with E-state index in [1.807, 2.05) is 38.2 Å². The number of hydrogen-bond acceptors (Lipinski definition) is 4. The van der Waals surface area contributed by atoms with E-state index in [-0.39, 0.29) is 6.61 Å². The van der Waals surface area contributed by atoms with Crippen molar-refractivity contribution in [1.82, 2.24) is 0 Å². The second-order valence-electron chi connectivity index (χ2n) is 3.42. The van der Waals surface area contributed by atoms with Crippen molar-refractivity contribution in [2.45, 2.75) is 6.92 Å². The molecule has 0 bridgehead atoms. The Morgan fingerprint density at radius 2 is 2.06 bits per heavy atom. The highest BCUT2D eigenvalue weighted by Gasteiger charge is 2.04. The lowest BCUT2D eigenvalue weighted by Crippen LogP contribution is -2.27. The highest BCUT2D eigenvalue weighted by atomic mass is 32.2. The van der Waals surface area contributed by atoms with Crippen molar-refractivity contribution in [1.29, 1.82) is 0 Å². The minimum absolute atomic E-state index is 0.227. The van der Waals surface area contributed by atoms with Gasteiger partial charge in [0, 0.05) is 31.5 Å². The van der Waals surface area contributed by atoms with Crippen LogP contribution < -0.4 is 10.2 Å². The van der Waals surface area contributed by atoms with Crippen molar-refractivity contribution in [3.8, 4) is 0 Å². The summed E-state index contributed by atoms with van der Waals surface area (Å²) in [5.74, 6) is 0. The Bertz CT molecular complexity index is 356. The summed E-state index contributed by atoms with van der Waals surface area (Å²) in [6.45, 7) is 3.66. The minimum atomic E-state index is -2.18. The first kappa shape index (κ1) is 14.0. The number of hydrogen-bond donors (Lipinski definition) is 2. The second kappa shape index (κ2) is 7.26. The van der Waals surface area contributed by atoms with E-state index in [9.17, 15) is 4.21 Å². The lowest BCUT2D eigenvalue weighted by Gasteiger charge is -2.22. The van der Waals surface area contributed by atoms with Crippen LogP contribution in [-0.4, -0.2) is 35.5 Å². The van der Waals surface area contributed by atoms with Crippen LogP contribution in [0.3, 0.4) is 0 Å². The molecule has 0 saturated heterocycles. The number of nitrogens with one attached hydrogen (secondary N) is 1. The molecule has 1 unspecified atom stereocenters. The third-order valence-electron chi connectivity index (χ3n) is 2.45. The summed E-state index contributed by atoms with van der Waals surface area (Å²) >= 11 is -2.18. The molecular weight excluding hydrogens is 240 g/mol. The highest BCUT2D eigenvalue weighted by Crippen LogP contribution is 2.17. The molecule has 1 atom stereocenters. The Hall–Kier alpha value is -1.11. The molecule has 0 saturated carbocycles. The summed E-state index contributed by atoms with van der Waals surface area (Å²) < 4.78 is 23.5. The van der Waals surface area contributed by atoms with Crippen LogP contribution in [-0.2, 0) is 15.5 Å². The molecule has 0 amide bonds. The molecule has 1 rings (SSSR count). The molecule has 96 valence electrons. The normalized spacial score (nSPS) is 12.2. The van der Waals surface area contributed by atoms with Gasteiger partial charge >= 0.3 is 11.4 Å². The van der Waals surface area contributed by atoms with Crippen LogP contribution >= 0.6 is 0 Å². The van der Waals surface area contributed by atoms with Crippen LogP contribution in [0.2, 0.25) is 0 Å². The van der Waals surface area contributed by atoms with E-state index in [0.29, 0.717) is 6.54 Å². The quantitative estimate of drug-likeness (QED) is 0.729. The van der Waals surface area contributed by atoms with E-state index in [2.05, 4.69) is 14.4 Å². The predicted molar refractivity (Wildman–Crippen MR) is 70.6 cm³/mol. The summed E-state index contributed by atoms with van der Waals surface area (Å²) in [6.07, 6.45) is 0. The van der Waals surface area contributed by atoms with Crippen molar-refractivity contribution >= 4 is 22.7 Å². The van der Waals surface area contributed by atoms with Crippen LogP contribution in [0.4, 0.5) is 11.4 Å². The summed E-state index contributed by atoms with van der Waals surface area (Å²) in [7, 11) is 1.87. The predicted octanol–water partition coefficient (Wildman–Crippen LogP) is 1.71. The Kier molecular flexibility index (Phi) is 5.96. The van der Waals surface area contributed by atoms with E-state index in [4.69, 9.17) is 4.55 Å². The molecule has 0 radical (unpaired) electrons. The number of benzene rings is 1. The molecule has 0 fully saturated rings. The average molecular weight is 258 g/mol. The molecule has 0 spiro atoms. The smallest absolute Gasteiger partial charge is 0.301 e. The van der Waals surface area contributed by atoms with E-state index >= 15 is 0 Å². The Morgan fingerprint density at radius 3 is 2.53 bits per heavy atom. The zero-order valence-corrected chi connectivity index (χ0v) is 10.9. The molecule has 5 nitrogen and oxygen atoms in total. The van der Waals surface area contributed by atoms with Gasteiger partial charge in [-0.15, -0.1) is 0 Å². The standard InChI is InChI=1S/C11H18N2O3S/c1-3-13(8-9-16-17(14)15)11-6-4-10(12-2)5-7-11/h4-7,12H,3,8-9H2,1-2H3,(H,14,15). The minimum Gasteiger partial charge on any atom is -0.388 e. The van der Waals surface area contributed by atoms with Crippen molar-refractivity contribution in [2.24, 2.45) is 0 Å². The molecule has 0 aliphatic carbocycles. The van der Waals surface area contributed by atoms with Gasteiger partial charge in [0.2, 0.25) is 0 Å². The molecule has 17 heavy (non-hydrogen) atoms. The Balaban J connectivity index is 2.56. The maximum absolute atomic E-state index is 10.4. The van der Waals surface area contributed by atoms with Gasteiger partial charge in [0.1, 0.15) is 0 Å². The molecule has 0 heterocycles. The fourth-order valence-corrected chi connectivity index (χ4v) is 1.74. The van der Waals surface area contributed by atoms with Crippen LogP contribution in [0.15, 0.2) is 24.3 Å². The first-order chi connectivity index (χ1) is 8.17. The maximum atomic E-state index is 10.4. The summed E-state index contributed by atoms with van der Waals surface area (Å²) in [6, 6.07) is 7.99. The van der Waals surface area contributed by atoms with Gasteiger partial charge in [-0.3, -0.25) is 8.74 Å². The first-order valence-electron chi connectivity index (χ1n) is 5.44. The van der Waals surface area contributed by atoms with E-state index in [1.54, 1.807) is 0 Å². The third kappa shape index (κ3) is 4.72. The van der Waals surface area contributed by atoms with Gasteiger partial charge in [-0.05, 0) is 31.2 Å². The topological polar surface area (TPSA) is 61.8 Å². The van der Waals surface area contributed by atoms with Gasteiger partial charge in [-0.1, -0.05) is 0 Å². The molecule has 1 aromatic carbocycles. The second-order valence-corrected chi connectivity index (χ2v) is 4.09. The number of anilines is 2. The van der Waals surface area contributed by atoms with E-state index in [1.165, 1.54) is 0 Å². The lowest BCUT2D eigenvalue weighted by atomic mass is 10.2. The van der Waals surface area contributed by atoms with Gasteiger partial charge in [0.25, 0.3) is 0 Å². The summed E-state index contributed by atoms with van der Waals surface area (Å²) in [4.78, 5) is 2.08. The number of nitrogens with zero attached hydrogens (tertiary/aromatic N) is 1. The van der Waals surface area contributed by atoms with Crippen LogP contribution in [0, 0.1) is 0 Å². The molecular formula is C11H18N2O3S. The van der Waals surface area contributed by atoms with Crippen molar-refractivity contribution in [2.75, 3.05) is 37.0 Å². The van der Waals surface area contributed by atoms with Crippen molar-refractivity contribution in [3.63, 3.8) is 0 Å². The van der Waals surface area contributed by atoms with E-state index < -0.39 is 11.4 Å². The van der Waals surface area contributed by atoms with Crippen molar-refractivity contribution in [3.05, 3.63) is 24.3 Å². The summed E-state index contributed by atoms with van der Waals surface area (Å²) in [5, 5.41) is 3.05. The van der Waals surface area contributed by atoms with Gasteiger partial charge in [0.15, 0.2) is 0 Å². The average Bonchev–Trinajstić information content (AvgIpc) is 2.34. The first-order valence-corrected chi connectivity index (χ1v) is 6.47. The number of rotatable bonds is 7. The monoisotopic (exact) mass is 258 g/mol. The fraction of sp³-hybridized carbons (Fsp3) is 0.455. The van der Waals surface area contributed by atoms with Crippen LogP contribution in [0.5, 0.6) is 0 Å². The molecule has 0 aliphatic heterocycles. The van der Waals surface area contributed by atoms with Crippen LogP contribution in [0.25, 0.3) is 0 Å². The SMILES string of the molecule is CCN(CCOS(=O)O)c1ccc(NC)cc1. The molecule has 2 N–H and O–H groups in total. The molecule has 1 aromatic rings. The third-order valence-corrected chi connectivity index (χ3v) is 2.82. The molecule has 0 aliphatic rings. The van der Waals surface area contributed by atoms with Crippen molar-refractivity contribution < 1.29 is 12.9 Å². The molecule has 0 aromatic heterocycles. The van der Waals surface area contributed by atoms with Gasteiger partial charge < -0.3 is 10.2 Å². The molecule has 6 heteroatoms. The summed E-state index contributed by atoms with van der Waals surface area (Å²) in [5.41, 5.74) is 2.12. The zero-order chi connectivity index (χ0) is 12.7. The highest BCUT2D eigenvalue weighted by molar-refractivity contribution is 7.74. The lowest BCUT2D eigenvalue weighted by molar-refractivity contribution is 0.312. The van der Waals surface area contributed by atoms with Gasteiger partial charge in [0.05, 0.1) is 6.61 Å². The maximum Gasteiger partial charge on any atom is 0.301 e. The zero-order valence-electron chi connectivity index (χ0n) is 10.0. The number of likely N-dealkylation sites (N-methyl/N-ethyl adjacent to an activating group) is 1. The Labute approximate surface area is 104 Å². The largest absolute Gasteiger partial charge is 0.388 e. The van der Waals surface area contributed by atoms with E-state index in [0.717, 1.165) is 17.9 Å².